The number of aliphatic hydroxyl groups excluding tert-OH is 1. The Balaban J connectivity index is 2.10. The molecule has 0 radical (unpaired) electrons. The second-order valence-electron chi connectivity index (χ2n) is 4.35. The van der Waals surface area contributed by atoms with E-state index in [0.29, 0.717) is 17.0 Å². The van der Waals surface area contributed by atoms with Crippen molar-refractivity contribution in [3.63, 3.8) is 0 Å². The largest absolute Gasteiger partial charge is 0.497 e. The van der Waals surface area contributed by atoms with E-state index in [2.05, 4.69) is 10.1 Å². The lowest BCUT2D eigenvalue weighted by Gasteiger charge is -2.03. The molecule has 6 nitrogen and oxygen atoms in total. The van der Waals surface area contributed by atoms with E-state index in [1.54, 1.807) is 13.3 Å². The third-order valence-corrected chi connectivity index (χ3v) is 3.16. The Labute approximate surface area is 115 Å². The molecule has 2 heterocycles. The fourth-order valence-electron chi connectivity index (χ4n) is 2.01. The fourth-order valence-corrected chi connectivity index (χ4v) is 2.01. The van der Waals surface area contributed by atoms with E-state index in [1.165, 1.54) is 4.52 Å². The quantitative estimate of drug-likeness (QED) is 0.753. The zero-order chi connectivity index (χ0) is 14.1. The lowest BCUT2D eigenvalue weighted by Crippen LogP contribution is -2.04. The van der Waals surface area contributed by atoms with Gasteiger partial charge in [0.2, 0.25) is 0 Å². The smallest absolute Gasteiger partial charge is 0.157 e. The number of benzene rings is 1. The van der Waals surface area contributed by atoms with Crippen molar-refractivity contribution < 1.29 is 9.84 Å². The highest BCUT2D eigenvalue weighted by Gasteiger charge is 2.10. The van der Waals surface area contributed by atoms with Gasteiger partial charge >= 0.3 is 0 Å². The van der Waals surface area contributed by atoms with Gasteiger partial charge in [-0.2, -0.15) is 9.61 Å². The molecule has 0 amide bonds. The minimum atomic E-state index is -0.160. The average Bonchev–Trinajstić information content (AvgIpc) is 2.93. The van der Waals surface area contributed by atoms with Gasteiger partial charge in [-0.15, -0.1) is 0 Å². The average molecular weight is 270 g/mol. The first-order valence-corrected chi connectivity index (χ1v) is 6.11. The molecule has 0 fully saturated rings. The number of anilines is 1. The molecule has 102 valence electrons. The Morgan fingerprint density at radius 3 is 2.70 bits per heavy atom. The molecule has 0 unspecified atom stereocenters. The number of hydrogen-bond acceptors (Lipinski definition) is 5. The van der Waals surface area contributed by atoms with Crippen molar-refractivity contribution in [3.05, 3.63) is 42.1 Å². The monoisotopic (exact) mass is 270 g/mol. The highest BCUT2D eigenvalue weighted by molar-refractivity contribution is 5.66. The van der Waals surface area contributed by atoms with Crippen LogP contribution in [0.3, 0.4) is 0 Å². The molecule has 0 atom stereocenters. The number of rotatable bonds is 3. The Hall–Kier alpha value is -2.60. The number of nitrogens with two attached hydrogens (primary N) is 1. The maximum atomic E-state index is 9.18. The van der Waals surface area contributed by atoms with Crippen molar-refractivity contribution in [2.75, 3.05) is 12.8 Å². The predicted molar refractivity (Wildman–Crippen MR) is 75.3 cm³/mol. The van der Waals surface area contributed by atoms with Crippen molar-refractivity contribution >= 4 is 11.5 Å². The van der Waals surface area contributed by atoms with E-state index < -0.39 is 0 Å². The maximum absolute atomic E-state index is 9.18. The van der Waals surface area contributed by atoms with Crippen molar-refractivity contribution in [2.45, 2.75) is 6.61 Å². The summed E-state index contributed by atoms with van der Waals surface area (Å²) in [6, 6.07) is 9.43. The van der Waals surface area contributed by atoms with Crippen LogP contribution >= 0.6 is 0 Å². The Kier molecular flexibility index (Phi) is 3.00. The fraction of sp³-hybridized carbons (Fsp3) is 0.143. The highest BCUT2D eigenvalue weighted by Crippen LogP contribution is 2.23. The standard InChI is InChI=1S/C14H14N4O2/c1-20-11-4-2-9(3-5-11)12-6-13-16-7-10(8-19)14(15)18(13)17-12/h2-7,19H,8,15H2,1H3. The summed E-state index contributed by atoms with van der Waals surface area (Å²) in [5.41, 5.74) is 8.86. The SMILES string of the molecule is COc1ccc(-c2cc3ncc(CO)c(N)n3n2)cc1. The van der Waals surface area contributed by atoms with E-state index in [0.717, 1.165) is 17.0 Å². The number of ether oxygens (including phenoxy) is 1. The summed E-state index contributed by atoms with van der Waals surface area (Å²) < 4.78 is 6.66. The van der Waals surface area contributed by atoms with Gasteiger partial charge in [0, 0.05) is 23.4 Å². The van der Waals surface area contributed by atoms with Crippen LogP contribution in [0, 0.1) is 0 Å². The third kappa shape index (κ3) is 1.96. The van der Waals surface area contributed by atoms with Crippen molar-refractivity contribution in [1.82, 2.24) is 14.6 Å². The summed E-state index contributed by atoms with van der Waals surface area (Å²) in [7, 11) is 1.63. The zero-order valence-corrected chi connectivity index (χ0v) is 10.9. The molecule has 0 aliphatic carbocycles. The summed E-state index contributed by atoms with van der Waals surface area (Å²) >= 11 is 0. The van der Waals surface area contributed by atoms with Gasteiger partial charge in [-0.05, 0) is 24.3 Å². The molecule has 3 rings (SSSR count). The van der Waals surface area contributed by atoms with Crippen molar-refractivity contribution in [3.8, 4) is 17.0 Å². The summed E-state index contributed by atoms with van der Waals surface area (Å²) in [6.45, 7) is -0.160. The van der Waals surface area contributed by atoms with Crippen LogP contribution in [-0.4, -0.2) is 26.8 Å². The van der Waals surface area contributed by atoms with Gasteiger partial charge in [-0.25, -0.2) is 4.98 Å². The second kappa shape index (κ2) is 4.82. The van der Waals surface area contributed by atoms with Crippen LogP contribution < -0.4 is 10.5 Å². The Morgan fingerprint density at radius 2 is 2.05 bits per heavy atom. The van der Waals surface area contributed by atoms with Crippen LogP contribution in [0.15, 0.2) is 36.5 Å². The summed E-state index contributed by atoms with van der Waals surface area (Å²) in [5, 5.41) is 13.6. The van der Waals surface area contributed by atoms with E-state index in [-0.39, 0.29) is 6.61 Å². The summed E-state index contributed by atoms with van der Waals surface area (Å²) in [5.74, 6) is 1.19. The second-order valence-corrected chi connectivity index (χ2v) is 4.35. The first kappa shape index (κ1) is 12.4. The van der Waals surface area contributed by atoms with Crippen LogP contribution in [0.5, 0.6) is 5.75 Å². The lowest BCUT2D eigenvalue weighted by molar-refractivity contribution is 0.281. The molecule has 2 aromatic heterocycles. The molecule has 0 spiro atoms. The minimum absolute atomic E-state index is 0.160. The highest BCUT2D eigenvalue weighted by atomic mass is 16.5. The number of fused-ring (bicyclic) bond motifs is 1. The van der Waals surface area contributed by atoms with Gasteiger partial charge < -0.3 is 15.6 Å². The molecule has 20 heavy (non-hydrogen) atoms. The van der Waals surface area contributed by atoms with Crippen LogP contribution in [0.4, 0.5) is 5.82 Å². The third-order valence-electron chi connectivity index (χ3n) is 3.16. The summed E-state index contributed by atoms with van der Waals surface area (Å²) in [4.78, 5) is 4.23. The molecule has 3 aromatic rings. The number of nitrogen functional groups attached to an aromatic ring is 1. The molecule has 0 saturated carbocycles. The lowest BCUT2D eigenvalue weighted by atomic mass is 10.1. The van der Waals surface area contributed by atoms with Crippen LogP contribution in [0.1, 0.15) is 5.56 Å². The van der Waals surface area contributed by atoms with Crippen molar-refractivity contribution in [2.24, 2.45) is 0 Å². The number of aromatic nitrogens is 3. The molecule has 0 aliphatic rings. The first-order valence-electron chi connectivity index (χ1n) is 6.11. The molecule has 3 N–H and O–H groups in total. The van der Waals surface area contributed by atoms with Crippen LogP contribution in [-0.2, 0) is 6.61 Å². The predicted octanol–water partition coefficient (Wildman–Crippen LogP) is 1.48. The van der Waals surface area contributed by atoms with Gasteiger partial charge in [-0.3, -0.25) is 0 Å². The number of aliphatic hydroxyl groups is 1. The molecule has 0 saturated heterocycles. The van der Waals surface area contributed by atoms with E-state index in [9.17, 15) is 5.11 Å². The van der Waals surface area contributed by atoms with Crippen molar-refractivity contribution in [1.29, 1.82) is 0 Å². The van der Waals surface area contributed by atoms with E-state index in [1.807, 2.05) is 30.3 Å². The summed E-state index contributed by atoms with van der Waals surface area (Å²) in [6.07, 6.45) is 1.56. The number of methoxy groups -OCH3 is 1. The molecule has 0 aliphatic heterocycles. The minimum Gasteiger partial charge on any atom is -0.497 e. The van der Waals surface area contributed by atoms with Gasteiger partial charge in [-0.1, -0.05) is 0 Å². The van der Waals surface area contributed by atoms with Gasteiger partial charge in [0.25, 0.3) is 0 Å². The van der Waals surface area contributed by atoms with Gasteiger partial charge in [0.05, 0.1) is 19.4 Å². The Morgan fingerprint density at radius 1 is 1.30 bits per heavy atom. The van der Waals surface area contributed by atoms with Gasteiger partial charge in [0.15, 0.2) is 5.65 Å². The maximum Gasteiger partial charge on any atom is 0.157 e. The number of hydrogen-bond donors (Lipinski definition) is 2. The van der Waals surface area contributed by atoms with Crippen LogP contribution in [0.2, 0.25) is 0 Å². The van der Waals surface area contributed by atoms with Gasteiger partial charge in [0.1, 0.15) is 11.6 Å². The number of nitrogens with zero attached hydrogens (tertiary/aromatic N) is 3. The first-order chi connectivity index (χ1) is 9.72. The Bertz CT molecular complexity index is 750. The normalized spacial score (nSPS) is 10.9. The molecule has 1 aromatic carbocycles. The molecule has 6 heteroatoms. The molecule has 0 bridgehead atoms. The zero-order valence-electron chi connectivity index (χ0n) is 10.9. The van der Waals surface area contributed by atoms with E-state index >= 15 is 0 Å². The topological polar surface area (TPSA) is 85.7 Å². The molecular weight excluding hydrogens is 256 g/mol. The molecular formula is C14H14N4O2. The van der Waals surface area contributed by atoms with Crippen LogP contribution in [0.25, 0.3) is 16.9 Å². The van der Waals surface area contributed by atoms with E-state index in [4.69, 9.17) is 10.5 Å².